The monoisotopic (exact) mass is 507 g/mol. The Kier molecular flexibility index (Phi) is 7.00. The molecule has 5 nitrogen and oxygen atoms in total. The number of thiophene rings is 1. The molecule has 2 unspecified atom stereocenters. The van der Waals surface area contributed by atoms with Crippen molar-refractivity contribution < 1.29 is 4.79 Å². The van der Waals surface area contributed by atoms with Crippen LogP contribution in [0.25, 0.3) is 10.2 Å². The molecular weight excluding hydrogens is 485 g/mol. The van der Waals surface area contributed by atoms with E-state index in [0.29, 0.717) is 33.4 Å². The third-order valence-electron chi connectivity index (χ3n) is 5.47. The Bertz CT molecular complexity index is 1250. The maximum atomic E-state index is 13.4. The van der Waals surface area contributed by atoms with Crippen LogP contribution in [0.5, 0.6) is 0 Å². The summed E-state index contributed by atoms with van der Waals surface area (Å²) in [4.78, 5) is 33.0. The van der Waals surface area contributed by atoms with Gasteiger partial charge in [0.1, 0.15) is 4.83 Å². The summed E-state index contributed by atoms with van der Waals surface area (Å²) in [5.41, 5.74) is 1.61. The Morgan fingerprint density at radius 3 is 2.81 bits per heavy atom. The molecule has 2 atom stereocenters. The lowest BCUT2D eigenvalue weighted by molar-refractivity contribution is -0.115. The third kappa shape index (κ3) is 4.76. The Morgan fingerprint density at radius 2 is 2.12 bits per heavy atom. The van der Waals surface area contributed by atoms with Gasteiger partial charge in [0.15, 0.2) is 5.16 Å². The molecule has 0 saturated heterocycles. The van der Waals surface area contributed by atoms with Crippen LogP contribution in [0.4, 0.5) is 5.69 Å². The number of hydrogen-bond acceptors (Lipinski definition) is 5. The number of aromatic nitrogens is 2. The van der Waals surface area contributed by atoms with Gasteiger partial charge in [0.2, 0.25) is 5.91 Å². The standard InChI is InChI=1S/C23H23Cl2N3O2S2/c1-4-7-28-22(30)19-17-6-5-12(2)8-18(17)32-21(19)27-23(28)31-13(3)20(29)26-16-10-14(24)9-15(25)11-16/h4,9-13H,1,5-8H2,2-3H3,(H,26,29). The number of benzene rings is 1. The van der Waals surface area contributed by atoms with Crippen LogP contribution in [-0.2, 0) is 24.2 Å². The average Bonchev–Trinajstić information content (AvgIpc) is 3.07. The lowest BCUT2D eigenvalue weighted by atomic mass is 9.89. The van der Waals surface area contributed by atoms with Crippen molar-refractivity contribution in [3.8, 4) is 0 Å². The van der Waals surface area contributed by atoms with Gasteiger partial charge in [-0.3, -0.25) is 14.2 Å². The zero-order valence-electron chi connectivity index (χ0n) is 17.8. The van der Waals surface area contributed by atoms with Gasteiger partial charge in [-0.05, 0) is 55.9 Å². The van der Waals surface area contributed by atoms with Gasteiger partial charge >= 0.3 is 0 Å². The van der Waals surface area contributed by atoms with Crippen molar-refractivity contribution >= 4 is 68.1 Å². The van der Waals surface area contributed by atoms with E-state index in [4.69, 9.17) is 28.2 Å². The van der Waals surface area contributed by atoms with Crippen molar-refractivity contribution in [1.82, 2.24) is 9.55 Å². The first-order valence-corrected chi connectivity index (χ1v) is 12.8. The second-order valence-electron chi connectivity index (χ2n) is 8.04. The molecule has 0 radical (unpaired) electrons. The number of anilines is 1. The van der Waals surface area contributed by atoms with E-state index in [-0.39, 0.29) is 11.5 Å². The molecule has 0 saturated carbocycles. The van der Waals surface area contributed by atoms with Gasteiger partial charge in [-0.2, -0.15) is 0 Å². The molecule has 0 bridgehead atoms. The summed E-state index contributed by atoms with van der Waals surface area (Å²) in [6.07, 6.45) is 4.66. The highest BCUT2D eigenvalue weighted by atomic mass is 35.5. The van der Waals surface area contributed by atoms with E-state index in [1.807, 2.05) is 0 Å². The molecule has 1 N–H and O–H groups in total. The summed E-state index contributed by atoms with van der Waals surface area (Å²) in [6, 6.07) is 4.88. The quantitative estimate of drug-likeness (QED) is 0.245. The number of halogens is 2. The second kappa shape index (κ2) is 9.59. The summed E-state index contributed by atoms with van der Waals surface area (Å²) < 4.78 is 1.62. The fraction of sp³-hybridized carbons (Fsp3) is 0.348. The first kappa shape index (κ1) is 23.4. The lowest BCUT2D eigenvalue weighted by Gasteiger charge is -2.18. The number of aryl methyl sites for hydroxylation is 1. The molecule has 1 amide bonds. The zero-order chi connectivity index (χ0) is 23.0. The van der Waals surface area contributed by atoms with Crippen molar-refractivity contribution in [3.05, 3.63) is 61.7 Å². The van der Waals surface area contributed by atoms with Crippen LogP contribution in [0.2, 0.25) is 10.0 Å². The highest BCUT2D eigenvalue weighted by Crippen LogP contribution is 2.37. The molecule has 0 spiro atoms. The van der Waals surface area contributed by atoms with Gasteiger partial charge in [-0.15, -0.1) is 17.9 Å². The molecule has 1 aliphatic carbocycles. The van der Waals surface area contributed by atoms with E-state index < -0.39 is 5.25 Å². The Hall–Kier alpha value is -1.80. The van der Waals surface area contributed by atoms with E-state index in [1.54, 1.807) is 47.1 Å². The van der Waals surface area contributed by atoms with Crippen LogP contribution < -0.4 is 10.9 Å². The van der Waals surface area contributed by atoms with Gasteiger partial charge < -0.3 is 5.32 Å². The van der Waals surface area contributed by atoms with Crippen LogP contribution in [-0.4, -0.2) is 20.7 Å². The molecular formula is C23H23Cl2N3O2S2. The minimum Gasteiger partial charge on any atom is -0.325 e. The van der Waals surface area contributed by atoms with Gasteiger partial charge in [0, 0.05) is 27.2 Å². The van der Waals surface area contributed by atoms with Crippen molar-refractivity contribution in [2.75, 3.05) is 5.32 Å². The Morgan fingerprint density at radius 1 is 1.41 bits per heavy atom. The summed E-state index contributed by atoms with van der Waals surface area (Å²) in [7, 11) is 0. The largest absolute Gasteiger partial charge is 0.325 e. The molecule has 32 heavy (non-hydrogen) atoms. The first-order chi connectivity index (χ1) is 15.3. The SMILES string of the molecule is C=CCn1c(SC(C)C(=O)Nc2cc(Cl)cc(Cl)c2)nc2sc3c(c2c1=O)CCC(C)C3. The first-order valence-electron chi connectivity index (χ1n) is 10.4. The molecule has 3 aromatic rings. The van der Waals surface area contributed by atoms with Gasteiger partial charge in [-0.25, -0.2) is 4.98 Å². The Labute approximate surface area is 204 Å². The molecule has 2 heterocycles. The number of allylic oxidation sites excluding steroid dienone is 1. The maximum Gasteiger partial charge on any atom is 0.263 e. The fourth-order valence-electron chi connectivity index (χ4n) is 3.87. The number of carbonyl (C=O) groups is 1. The highest BCUT2D eigenvalue weighted by molar-refractivity contribution is 8.00. The summed E-state index contributed by atoms with van der Waals surface area (Å²) in [6.45, 7) is 8.15. The number of fused-ring (bicyclic) bond motifs is 3. The number of nitrogens with zero attached hydrogens (tertiary/aromatic N) is 2. The molecule has 168 valence electrons. The van der Waals surface area contributed by atoms with Crippen LogP contribution in [0, 0.1) is 5.92 Å². The third-order valence-corrected chi connectivity index (χ3v) is 8.15. The van der Waals surface area contributed by atoms with Crippen LogP contribution in [0.1, 0.15) is 30.7 Å². The van der Waals surface area contributed by atoms with Crippen molar-refractivity contribution in [2.45, 2.75) is 50.1 Å². The minimum absolute atomic E-state index is 0.0568. The number of nitrogens with one attached hydrogen (secondary N) is 1. The summed E-state index contributed by atoms with van der Waals surface area (Å²) in [5, 5.41) is 4.46. The maximum absolute atomic E-state index is 13.4. The molecule has 4 rings (SSSR count). The molecule has 1 aromatic carbocycles. The van der Waals surface area contributed by atoms with Crippen LogP contribution >= 0.6 is 46.3 Å². The molecule has 2 aromatic heterocycles. The van der Waals surface area contributed by atoms with E-state index in [2.05, 4.69) is 18.8 Å². The normalized spacial score (nSPS) is 16.6. The molecule has 0 aliphatic heterocycles. The summed E-state index contributed by atoms with van der Waals surface area (Å²) in [5.74, 6) is 0.385. The predicted octanol–water partition coefficient (Wildman–Crippen LogP) is 6.19. The number of hydrogen-bond donors (Lipinski definition) is 1. The van der Waals surface area contributed by atoms with E-state index in [1.165, 1.54) is 16.6 Å². The van der Waals surface area contributed by atoms with E-state index >= 15 is 0 Å². The van der Waals surface area contributed by atoms with Crippen molar-refractivity contribution in [3.63, 3.8) is 0 Å². The molecule has 0 fully saturated rings. The summed E-state index contributed by atoms with van der Waals surface area (Å²) >= 11 is 14.9. The van der Waals surface area contributed by atoms with Crippen molar-refractivity contribution in [1.29, 1.82) is 0 Å². The number of amides is 1. The highest BCUT2D eigenvalue weighted by Gasteiger charge is 2.26. The average molecular weight is 508 g/mol. The molecule has 1 aliphatic rings. The predicted molar refractivity (Wildman–Crippen MR) is 136 cm³/mol. The van der Waals surface area contributed by atoms with Gasteiger partial charge in [0.05, 0.1) is 10.6 Å². The topological polar surface area (TPSA) is 64.0 Å². The molecule has 9 heteroatoms. The minimum atomic E-state index is -0.497. The van der Waals surface area contributed by atoms with Crippen molar-refractivity contribution in [2.24, 2.45) is 5.92 Å². The van der Waals surface area contributed by atoms with Gasteiger partial charge in [-0.1, -0.05) is 48.0 Å². The number of rotatable bonds is 6. The number of thioether (sulfide) groups is 1. The smallest absolute Gasteiger partial charge is 0.263 e. The van der Waals surface area contributed by atoms with E-state index in [0.717, 1.165) is 35.0 Å². The van der Waals surface area contributed by atoms with Gasteiger partial charge in [0.25, 0.3) is 5.56 Å². The second-order valence-corrected chi connectivity index (χ2v) is 11.3. The Balaban J connectivity index is 1.65. The fourth-order valence-corrected chi connectivity index (χ4v) is 6.73. The van der Waals surface area contributed by atoms with Crippen LogP contribution in [0.15, 0.2) is 40.8 Å². The zero-order valence-corrected chi connectivity index (χ0v) is 20.9. The number of carbonyl (C=O) groups excluding carboxylic acids is 1. The lowest BCUT2D eigenvalue weighted by Crippen LogP contribution is -2.27. The van der Waals surface area contributed by atoms with Crippen LogP contribution in [0.3, 0.4) is 0 Å². The van der Waals surface area contributed by atoms with E-state index in [9.17, 15) is 9.59 Å².